The highest BCUT2D eigenvalue weighted by molar-refractivity contribution is 14.1. The maximum absolute atomic E-state index is 11.9. The minimum absolute atomic E-state index is 0.0397. The zero-order valence-corrected chi connectivity index (χ0v) is 13.2. The van der Waals surface area contributed by atoms with Gasteiger partial charge in [-0.2, -0.15) is 0 Å². The highest BCUT2D eigenvalue weighted by Crippen LogP contribution is 2.60. The van der Waals surface area contributed by atoms with Crippen LogP contribution in [0.1, 0.15) is 39.0 Å². The van der Waals surface area contributed by atoms with Crippen LogP contribution in [0.5, 0.6) is 0 Å². The molecule has 2 saturated carbocycles. The van der Waals surface area contributed by atoms with Crippen LogP contribution < -0.4 is 0 Å². The van der Waals surface area contributed by atoms with Crippen molar-refractivity contribution in [2.45, 2.75) is 49.1 Å². The lowest BCUT2D eigenvalue weighted by Gasteiger charge is -2.34. The topological polar surface area (TPSA) is 52.6 Å². The van der Waals surface area contributed by atoms with Gasteiger partial charge in [0.05, 0.1) is 13.0 Å². The van der Waals surface area contributed by atoms with Crippen LogP contribution in [-0.2, 0) is 19.1 Å². The number of hydrogen-bond donors (Lipinski definition) is 0. The fourth-order valence-electron chi connectivity index (χ4n) is 4.03. The molecule has 0 aromatic carbocycles. The minimum atomic E-state index is -0.0755. The van der Waals surface area contributed by atoms with Crippen LogP contribution >= 0.6 is 22.6 Å². The fourth-order valence-corrected chi connectivity index (χ4v) is 4.18. The van der Waals surface area contributed by atoms with E-state index in [2.05, 4.69) is 22.6 Å². The van der Waals surface area contributed by atoms with Crippen LogP contribution in [0.15, 0.2) is 0 Å². The SMILES string of the molecule is CCC(I)C(=O)OC1CC2CC1CC21COC(=O)C1. The van der Waals surface area contributed by atoms with E-state index in [4.69, 9.17) is 9.47 Å². The molecule has 0 amide bonds. The van der Waals surface area contributed by atoms with Gasteiger partial charge in [-0.15, -0.1) is 0 Å². The van der Waals surface area contributed by atoms with Crippen molar-refractivity contribution in [2.24, 2.45) is 17.3 Å². The Labute approximate surface area is 126 Å². The monoisotopic (exact) mass is 378 g/mol. The maximum Gasteiger partial charge on any atom is 0.319 e. The van der Waals surface area contributed by atoms with Gasteiger partial charge >= 0.3 is 11.9 Å². The third-order valence-corrected chi connectivity index (χ3v) is 6.45. The van der Waals surface area contributed by atoms with Crippen molar-refractivity contribution in [3.05, 3.63) is 0 Å². The van der Waals surface area contributed by atoms with Gasteiger partial charge in [-0.25, -0.2) is 0 Å². The van der Waals surface area contributed by atoms with Crippen molar-refractivity contribution in [1.29, 1.82) is 0 Å². The summed E-state index contributed by atoms with van der Waals surface area (Å²) in [6, 6.07) is 0. The molecule has 0 aromatic heterocycles. The third-order valence-electron chi connectivity index (χ3n) is 5.06. The van der Waals surface area contributed by atoms with Crippen molar-refractivity contribution in [1.82, 2.24) is 0 Å². The molecule has 3 aliphatic rings. The zero-order chi connectivity index (χ0) is 13.6. The van der Waals surface area contributed by atoms with Gasteiger partial charge in [-0.05, 0) is 37.5 Å². The van der Waals surface area contributed by atoms with E-state index in [1.807, 2.05) is 6.92 Å². The predicted molar refractivity (Wildman–Crippen MR) is 76.8 cm³/mol. The molecule has 3 rings (SSSR count). The summed E-state index contributed by atoms with van der Waals surface area (Å²) < 4.78 is 10.8. The quantitative estimate of drug-likeness (QED) is 0.430. The van der Waals surface area contributed by atoms with Crippen molar-refractivity contribution in [3.8, 4) is 0 Å². The van der Waals surface area contributed by atoms with Gasteiger partial charge in [0.25, 0.3) is 0 Å². The molecule has 1 saturated heterocycles. The number of carbonyl (C=O) groups is 2. The average molecular weight is 378 g/mol. The Morgan fingerprint density at radius 2 is 2.37 bits per heavy atom. The molecule has 106 valence electrons. The summed E-state index contributed by atoms with van der Waals surface area (Å²) in [5.41, 5.74) is 0.0686. The molecule has 5 atom stereocenters. The number of hydrogen-bond acceptors (Lipinski definition) is 4. The first-order valence-electron chi connectivity index (χ1n) is 7.04. The van der Waals surface area contributed by atoms with Crippen molar-refractivity contribution >= 4 is 34.5 Å². The molecule has 2 aliphatic carbocycles. The van der Waals surface area contributed by atoms with Crippen molar-refractivity contribution in [3.63, 3.8) is 0 Å². The number of rotatable bonds is 3. The molecule has 19 heavy (non-hydrogen) atoms. The standard InChI is InChI=1S/C14H19IO4/c1-2-10(15)13(17)19-11-4-9-3-8(11)5-14(9)6-12(16)18-7-14/h8-11H,2-7H2,1H3. The number of fused-ring (bicyclic) bond motifs is 3. The lowest BCUT2D eigenvalue weighted by atomic mass is 9.72. The van der Waals surface area contributed by atoms with Crippen LogP contribution in [0, 0.1) is 17.3 Å². The molecule has 1 heterocycles. The molecule has 0 aromatic rings. The van der Waals surface area contributed by atoms with Gasteiger partial charge in [-0.1, -0.05) is 29.5 Å². The zero-order valence-electron chi connectivity index (χ0n) is 11.1. The fraction of sp³-hybridized carbons (Fsp3) is 0.857. The Kier molecular flexibility index (Phi) is 3.52. The van der Waals surface area contributed by atoms with Crippen LogP contribution in [0.3, 0.4) is 0 Å². The molecule has 5 heteroatoms. The Balaban J connectivity index is 1.61. The summed E-state index contributed by atoms with van der Waals surface area (Å²) in [5.74, 6) is 0.799. The Hall–Kier alpha value is -0.330. The van der Waals surface area contributed by atoms with Crippen LogP contribution in [0.25, 0.3) is 0 Å². The molecular formula is C14H19IO4. The van der Waals surface area contributed by atoms with Crippen LogP contribution in [0.4, 0.5) is 0 Å². The number of alkyl halides is 1. The number of carbonyl (C=O) groups excluding carboxylic acids is 2. The van der Waals surface area contributed by atoms with E-state index in [0.717, 1.165) is 25.7 Å². The predicted octanol–water partition coefficient (Wildman–Crippen LogP) is 2.48. The second-order valence-electron chi connectivity index (χ2n) is 6.18. The number of esters is 2. The molecule has 3 fully saturated rings. The van der Waals surface area contributed by atoms with Crippen LogP contribution in [-0.4, -0.2) is 28.6 Å². The van der Waals surface area contributed by atoms with E-state index in [-0.39, 0.29) is 27.4 Å². The highest BCUT2D eigenvalue weighted by Gasteiger charge is 2.59. The molecular weight excluding hydrogens is 359 g/mol. The normalized spacial score (nSPS) is 41.6. The summed E-state index contributed by atoms with van der Waals surface area (Å²) in [4.78, 5) is 23.2. The molecule has 0 N–H and O–H groups in total. The van der Waals surface area contributed by atoms with Gasteiger partial charge in [0.15, 0.2) is 0 Å². The third kappa shape index (κ3) is 2.28. The van der Waals surface area contributed by atoms with Gasteiger partial charge in [0.1, 0.15) is 10.0 Å². The van der Waals surface area contributed by atoms with Crippen molar-refractivity contribution in [2.75, 3.05) is 6.61 Å². The summed E-state index contributed by atoms with van der Waals surface area (Å²) in [6.07, 6.45) is 4.44. The first-order chi connectivity index (χ1) is 9.04. The maximum atomic E-state index is 11.9. The summed E-state index contributed by atoms with van der Waals surface area (Å²) in [6.45, 7) is 2.58. The molecule has 0 radical (unpaired) electrons. The second kappa shape index (κ2) is 4.90. The number of ether oxygens (including phenoxy) is 2. The number of halogens is 1. The first-order valence-corrected chi connectivity index (χ1v) is 8.29. The van der Waals surface area contributed by atoms with E-state index in [9.17, 15) is 9.59 Å². The van der Waals surface area contributed by atoms with Gasteiger partial charge in [-0.3, -0.25) is 9.59 Å². The molecule has 5 unspecified atom stereocenters. The van der Waals surface area contributed by atoms with E-state index >= 15 is 0 Å². The Bertz CT molecular complexity index is 410. The van der Waals surface area contributed by atoms with Gasteiger partial charge < -0.3 is 9.47 Å². The second-order valence-corrected chi connectivity index (χ2v) is 7.69. The summed E-state index contributed by atoms with van der Waals surface area (Å²) in [7, 11) is 0. The average Bonchev–Trinajstić information content (AvgIpc) is 3.04. The smallest absolute Gasteiger partial charge is 0.319 e. The number of cyclic esters (lactones) is 1. The van der Waals surface area contributed by atoms with Gasteiger partial charge in [0, 0.05) is 5.41 Å². The van der Waals surface area contributed by atoms with E-state index in [1.165, 1.54) is 0 Å². The lowest BCUT2D eigenvalue weighted by Crippen LogP contribution is -2.36. The first kappa shape index (κ1) is 13.6. The molecule has 2 bridgehead atoms. The molecule has 1 spiro atoms. The summed E-state index contributed by atoms with van der Waals surface area (Å²) in [5, 5.41) is 0. The highest BCUT2D eigenvalue weighted by atomic mass is 127. The Morgan fingerprint density at radius 3 is 2.89 bits per heavy atom. The van der Waals surface area contributed by atoms with E-state index in [0.29, 0.717) is 24.9 Å². The Morgan fingerprint density at radius 1 is 1.58 bits per heavy atom. The van der Waals surface area contributed by atoms with Crippen LogP contribution in [0.2, 0.25) is 0 Å². The van der Waals surface area contributed by atoms with E-state index < -0.39 is 0 Å². The molecule has 4 nitrogen and oxygen atoms in total. The largest absolute Gasteiger partial charge is 0.465 e. The van der Waals surface area contributed by atoms with E-state index in [1.54, 1.807) is 0 Å². The minimum Gasteiger partial charge on any atom is -0.465 e. The van der Waals surface area contributed by atoms with Crippen molar-refractivity contribution < 1.29 is 19.1 Å². The van der Waals surface area contributed by atoms with Gasteiger partial charge in [0.2, 0.25) is 0 Å². The summed E-state index contributed by atoms with van der Waals surface area (Å²) >= 11 is 2.14. The lowest BCUT2D eigenvalue weighted by molar-refractivity contribution is -0.151. The molecule has 1 aliphatic heterocycles.